The maximum atomic E-state index is 2.65. The van der Waals surface area contributed by atoms with Crippen molar-refractivity contribution in [2.75, 3.05) is 7.05 Å². The predicted octanol–water partition coefficient (Wildman–Crippen LogP) is 4.72. The number of rotatable bonds is 0. The van der Waals surface area contributed by atoms with Crippen LogP contribution in [0.3, 0.4) is 0 Å². The van der Waals surface area contributed by atoms with E-state index in [0.717, 1.165) is 0 Å². The Labute approximate surface area is 157 Å². The predicted molar refractivity (Wildman–Crippen MR) is 108 cm³/mol. The van der Waals surface area contributed by atoms with Crippen LogP contribution < -0.4 is 0 Å². The van der Waals surface area contributed by atoms with E-state index in [9.17, 15) is 0 Å². The highest BCUT2D eigenvalue weighted by Gasteiger charge is 2.57. The number of benzene rings is 2. The summed E-state index contributed by atoms with van der Waals surface area (Å²) in [6, 6.07) is 15.0. The van der Waals surface area contributed by atoms with E-state index in [0.29, 0.717) is 12.1 Å². The summed E-state index contributed by atoms with van der Waals surface area (Å²) in [4.78, 5) is 2.65. The summed E-state index contributed by atoms with van der Waals surface area (Å²) in [6.45, 7) is 14.2. The minimum absolute atomic E-state index is 0.0276. The van der Waals surface area contributed by atoms with Gasteiger partial charge in [-0.3, -0.25) is 4.58 Å². The van der Waals surface area contributed by atoms with E-state index in [2.05, 4.69) is 94.5 Å². The molecule has 1 aliphatic carbocycles. The van der Waals surface area contributed by atoms with Crippen LogP contribution in [0.1, 0.15) is 63.8 Å². The van der Waals surface area contributed by atoms with Gasteiger partial charge in [0.1, 0.15) is 17.6 Å². The Hall–Kier alpha value is -2.09. The van der Waals surface area contributed by atoms with Crippen molar-refractivity contribution in [2.45, 2.75) is 64.6 Å². The molecule has 0 amide bonds. The number of fused-ring (bicyclic) bond motifs is 6. The molecule has 2 unspecified atom stereocenters. The van der Waals surface area contributed by atoms with Crippen molar-refractivity contribution in [3.8, 4) is 11.1 Å². The summed E-state index contributed by atoms with van der Waals surface area (Å²) in [5, 5.41) is 0. The van der Waals surface area contributed by atoms with Gasteiger partial charge in [0, 0.05) is 11.0 Å². The Balaban J connectivity index is 1.84. The van der Waals surface area contributed by atoms with Crippen molar-refractivity contribution in [2.24, 2.45) is 0 Å². The van der Waals surface area contributed by atoms with Crippen LogP contribution in [-0.4, -0.2) is 34.4 Å². The maximum Gasteiger partial charge on any atom is 0.280 e. The van der Waals surface area contributed by atoms with Crippen LogP contribution in [0.5, 0.6) is 0 Å². The first-order chi connectivity index (χ1) is 12.2. The summed E-state index contributed by atoms with van der Waals surface area (Å²) in [6.07, 6.45) is 0. The zero-order chi connectivity index (χ0) is 18.6. The number of nitrogens with zero attached hydrogens (tertiary/aromatic N) is 2. The number of likely N-dealkylation sites (N-methyl/N-ethyl adjacent to an activating group) is 1. The molecule has 0 aromatic heterocycles. The largest absolute Gasteiger partial charge is 0.280 e. The Morgan fingerprint density at radius 1 is 0.846 bits per heavy atom. The van der Waals surface area contributed by atoms with Crippen molar-refractivity contribution >= 4 is 5.84 Å². The van der Waals surface area contributed by atoms with Crippen LogP contribution in [0.15, 0.2) is 36.4 Å². The van der Waals surface area contributed by atoms with Crippen LogP contribution in [-0.2, 0) is 11.0 Å². The Morgan fingerprint density at radius 2 is 1.50 bits per heavy atom. The highest BCUT2D eigenvalue weighted by Crippen LogP contribution is 2.53. The lowest BCUT2D eigenvalue weighted by atomic mass is 9.80. The molecule has 2 aromatic carbocycles. The maximum absolute atomic E-state index is 2.65. The molecule has 5 rings (SSSR count). The highest BCUT2D eigenvalue weighted by atomic mass is 15.4. The second kappa shape index (κ2) is 4.60. The van der Waals surface area contributed by atoms with Gasteiger partial charge in [-0.15, -0.1) is 0 Å². The zero-order valence-electron chi connectivity index (χ0n) is 17.0. The molecule has 2 aliphatic heterocycles. The molecule has 0 radical (unpaired) electrons. The SMILES string of the molecule is CC1C(C)[N+](C)=C2c3cc4c(cc3C(C)(C)N21)-c1ccccc1C4(C)C. The summed E-state index contributed by atoms with van der Waals surface area (Å²) in [7, 11) is 2.26. The molecule has 0 N–H and O–H groups in total. The third kappa shape index (κ3) is 1.62. The van der Waals surface area contributed by atoms with Gasteiger partial charge in [0.2, 0.25) is 0 Å². The van der Waals surface area contributed by atoms with Crippen LogP contribution in [0, 0.1) is 0 Å². The van der Waals surface area contributed by atoms with Gasteiger partial charge in [0.15, 0.2) is 0 Å². The molecule has 0 saturated carbocycles. The normalized spacial score (nSPS) is 26.7. The molecule has 0 bridgehead atoms. The standard InChI is InChI=1S/C24H29N2/c1-14-15(2)26-22(25(14)7)18-13-20-17(12-21(18)24(26,5)6)16-10-8-9-11-19(16)23(20,3)4/h8-15H,1-7H3/q+1. The van der Waals surface area contributed by atoms with Crippen LogP contribution in [0.4, 0.5) is 0 Å². The first-order valence-electron chi connectivity index (χ1n) is 9.85. The fraction of sp³-hybridized carbons (Fsp3) is 0.458. The average molecular weight is 346 g/mol. The van der Waals surface area contributed by atoms with Gasteiger partial charge in [-0.05, 0) is 62.1 Å². The molecule has 2 heteroatoms. The van der Waals surface area contributed by atoms with Crippen molar-refractivity contribution in [1.82, 2.24) is 4.90 Å². The van der Waals surface area contributed by atoms with Crippen LogP contribution in [0.25, 0.3) is 11.1 Å². The Bertz CT molecular complexity index is 993. The lowest BCUT2D eigenvalue weighted by Crippen LogP contribution is -2.44. The molecular weight excluding hydrogens is 316 g/mol. The fourth-order valence-corrected chi connectivity index (χ4v) is 5.76. The first kappa shape index (κ1) is 16.1. The van der Waals surface area contributed by atoms with Crippen LogP contribution >= 0.6 is 0 Å². The van der Waals surface area contributed by atoms with Crippen LogP contribution in [0.2, 0.25) is 0 Å². The second-order valence-corrected chi connectivity index (χ2v) is 9.46. The van der Waals surface area contributed by atoms with Gasteiger partial charge >= 0.3 is 0 Å². The molecule has 134 valence electrons. The molecule has 3 aliphatic rings. The minimum Gasteiger partial charge on any atom is -0.257 e. The first-order valence-corrected chi connectivity index (χ1v) is 9.85. The van der Waals surface area contributed by atoms with Crippen molar-refractivity contribution in [3.63, 3.8) is 0 Å². The molecule has 2 nitrogen and oxygen atoms in total. The van der Waals surface area contributed by atoms with E-state index in [4.69, 9.17) is 0 Å². The van der Waals surface area contributed by atoms with Gasteiger partial charge in [-0.1, -0.05) is 38.1 Å². The monoisotopic (exact) mass is 345 g/mol. The topological polar surface area (TPSA) is 6.25 Å². The van der Waals surface area contributed by atoms with E-state index >= 15 is 0 Å². The summed E-state index contributed by atoms with van der Waals surface area (Å²) >= 11 is 0. The van der Waals surface area contributed by atoms with E-state index in [-0.39, 0.29) is 11.0 Å². The van der Waals surface area contributed by atoms with Gasteiger partial charge in [0.05, 0.1) is 12.6 Å². The summed E-state index contributed by atoms with van der Waals surface area (Å²) in [5.41, 5.74) is 8.79. The van der Waals surface area contributed by atoms with E-state index < -0.39 is 0 Å². The summed E-state index contributed by atoms with van der Waals surface area (Å²) < 4.78 is 2.49. The molecule has 2 atom stereocenters. The zero-order valence-corrected chi connectivity index (χ0v) is 17.0. The molecular formula is C24H29N2+. The van der Waals surface area contributed by atoms with E-state index in [1.54, 1.807) is 0 Å². The van der Waals surface area contributed by atoms with Gasteiger partial charge in [0.25, 0.3) is 5.84 Å². The third-order valence-electron chi connectivity index (χ3n) is 7.50. The molecule has 0 saturated heterocycles. The molecule has 0 spiro atoms. The lowest BCUT2D eigenvalue weighted by molar-refractivity contribution is -0.526. The van der Waals surface area contributed by atoms with Crippen molar-refractivity contribution < 1.29 is 4.58 Å². The number of hydrogen-bond acceptors (Lipinski definition) is 1. The van der Waals surface area contributed by atoms with E-state index in [1.807, 2.05) is 0 Å². The van der Waals surface area contributed by atoms with Gasteiger partial charge in [-0.2, -0.15) is 0 Å². The van der Waals surface area contributed by atoms with Gasteiger partial charge in [-0.25, -0.2) is 4.90 Å². The molecule has 2 aromatic rings. The van der Waals surface area contributed by atoms with Crippen molar-refractivity contribution in [3.05, 3.63) is 58.7 Å². The van der Waals surface area contributed by atoms with E-state index in [1.165, 1.54) is 39.2 Å². The summed E-state index contributed by atoms with van der Waals surface area (Å²) in [5.74, 6) is 1.42. The molecule has 2 heterocycles. The van der Waals surface area contributed by atoms with Crippen molar-refractivity contribution in [1.29, 1.82) is 0 Å². The Morgan fingerprint density at radius 3 is 2.23 bits per heavy atom. The fourth-order valence-electron chi connectivity index (χ4n) is 5.76. The molecule has 26 heavy (non-hydrogen) atoms. The average Bonchev–Trinajstić information content (AvgIpc) is 3.08. The Kier molecular flexibility index (Phi) is 2.85. The smallest absolute Gasteiger partial charge is 0.257 e. The number of hydrogen-bond donors (Lipinski definition) is 0. The number of amidine groups is 1. The lowest BCUT2D eigenvalue weighted by Gasteiger charge is -2.29. The minimum atomic E-state index is 0.0276. The quantitative estimate of drug-likeness (QED) is 0.626. The second-order valence-electron chi connectivity index (χ2n) is 9.46. The molecule has 0 fully saturated rings. The van der Waals surface area contributed by atoms with Gasteiger partial charge < -0.3 is 0 Å². The third-order valence-corrected chi connectivity index (χ3v) is 7.50. The highest BCUT2D eigenvalue weighted by molar-refractivity contribution is 6.03.